The Kier molecular flexibility index (Phi) is 7.82. The molecule has 0 spiro atoms. The molecule has 1 saturated heterocycles. The first-order chi connectivity index (χ1) is 16.0. The molecule has 2 aromatic rings. The summed E-state index contributed by atoms with van der Waals surface area (Å²) in [5, 5.41) is 3.07. The van der Waals surface area contributed by atoms with Crippen LogP contribution in [0, 0.1) is 5.92 Å². The number of allylic oxidation sites excluding steroid dienone is 2. The number of fused-ring (bicyclic) bond motifs is 1. The van der Waals surface area contributed by atoms with E-state index in [0.717, 1.165) is 50.1 Å². The van der Waals surface area contributed by atoms with Gasteiger partial charge in [0.05, 0.1) is 29.1 Å². The van der Waals surface area contributed by atoms with Gasteiger partial charge in [0.25, 0.3) is 0 Å². The second kappa shape index (κ2) is 10.8. The van der Waals surface area contributed by atoms with Crippen molar-refractivity contribution in [1.82, 2.24) is 19.2 Å². The lowest BCUT2D eigenvalue weighted by Gasteiger charge is -2.26. The molecule has 180 valence electrons. The van der Waals surface area contributed by atoms with Gasteiger partial charge in [0.1, 0.15) is 5.82 Å². The van der Waals surface area contributed by atoms with E-state index in [1.54, 1.807) is 12.1 Å². The predicted octanol–water partition coefficient (Wildman–Crippen LogP) is 2.87. The predicted molar refractivity (Wildman–Crippen MR) is 127 cm³/mol. The number of hydrogen-bond donors (Lipinski definition) is 1. The molecule has 0 saturated carbocycles. The third-order valence-electron chi connectivity index (χ3n) is 6.40. The highest BCUT2D eigenvalue weighted by molar-refractivity contribution is 7.89. The van der Waals surface area contributed by atoms with Crippen LogP contribution in [0.15, 0.2) is 35.2 Å². The van der Waals surface area contributed by atoms with Crippen LogP contribution in [0.5, 0.6) is 0 Å². The molecule has 33 heavy (non-hydrogen) atoms. The summed E-state index contributed by atoms with van der Waals surface area (Å²) in [6.45, 7) is 5.14. The molecule has 1 fully saturated rings. The zero-order valence-corrected chi connectivity index (χ0v) is 20.1. The summed E-state index contributed by atoms with van der Waals surface area (Å²) in [6.07, 6.45) is 9.46. The molecule has 2 heterocycles. The lowest BCUT2D eigenvalue weighted by atomic mass is 9.94. The first kappa shape index (κ1) is 23.9. The fourth-order valence-corrected chi connectivity index (χ4v) is 5.96. The monoisotopic (exact) mass is 474 g/mol. The van der Waals surface area contributed by atoms with E-state index in [4.69, 9.17) is 9.72 Å². The first-order valence-corrected chi connectivity index (χ1v) is 13.4. The second-order valence-electron chi connectivity index (χ2n) is 8.80. The molecule has 1 amide bonds. The fourth-order valence-electron chi connectivity index (χ4n) is 4.53. The van der Waals surface area contributed by atoms with E-state index in [1.165, 1.54) is 4.31 Å². The summed E-state index contributed by atoms with van der Waals surface area (Å²) in [6, 6.07) is 5.16. The quantitative estimate of drug-likeness (QED) is 0.564. The summed E-state index contributed by atoms with van der Waals surface area (Å²) in [5.41, 5.74) is 1.56. The molecule has 2 aliphatic rings. The topological polar surface area (TPSA) is 93.5 Å². The molecule has 1 aromatic heterocycles. The SMILES string of the molecule is CCCn1c(CCC(=O)NCC2CC=CCC2)nc2cc(S(=O)(=O)N3CCOCC3)ccc21. The Morgan fingerprint density at radius 3 is 2.79 bits per heavy atom. The Morgan fingerprint density at radius 2 is 2.06 bits per heavy atom. The van der Waals surface area contributed by atoms with Gasteiger partial charge < -0.3 is 14.6 Å². The number of morpholine rings is 1. The lowest BCUT2D eigenvalue weighted by Crippen LogP contribution is -2.40. The molecule has 0 radical (unpaired) electrons. The molecule has 1 N–H and O–H groups in total. The number of benzene rings is 1. The number of nitrogens with one attached hydrogen (secondary N) is 1. The van der Waals surface area contributed by atoms with Crippen LogP contribution in [0.1, 0.15) is 44.9 Å². The Bertz CT molecular complexity index is 1100. The summed E-state index contributed by atoms with van der Waals surface area (Å²) >= 11 is 0. The standard InChI is InChI=1S/C24H34N4O4S/c1-2-12-28-22-9-8-20(33(30,31)27-13-15-32-16-14-27)17-21(22)26-23(28)10-11-24(29)25-18-19-6-4-3-5-7-19/h3-4,8-9,17,19H,2,5-7,10-16,18H2,1H3,(H,25,29). The van der Waals surface area contributed by atoms with Crippen molar-refractivity contribution in [1.29, 1.82) is 0 Å². The number of ether oxygens (including phenoxy) is 1. The average Bonchev–Trinajstić information content (AvgIpc) is 3.19. The van der Waals surface area contributed by atoms with E-state index < -0.39 is 10.0 Å². The van der Waals surface area contributed by atoms with E-state index >= 15 is 0 Å². The van der Waals surface area contributed by atoms with Gasteiger partial charge in [-0.1, -0.05) is 19.1 Å². The van der Waals surface area contributed by atoms with Crippen LogP contribution in [-0.2, 0) is 32.5 Å². The maximum Gasteiger partial charge on any atom is 0.243 e. The van der Waals surface area contributed by atoms with E-state index in [0.29, 0.717) is 50.6 Å². The van der Waals surface area contributed by atoms with Crippen molar-refractivity contribution in [3.63, 3.8) is 0 Å². The third-order valence-corrected chi connectivity index (χ3v) is 8.29. The zero-order valence-electron chi connectivity index (χ0n) is 19.3. The van der Waals surface area contributed by atoms with Crippen LogP contribution in [0.2, 0.25) is 0 Å². The largest absolute Gasteiger partial charge is 0.379 e. The minimum absolute atomic E-state index is 0.0373. The average molecular weight is 475 g/mol. The molecule has 1 atom stereocenters. The molecule has 8 nitrogen and oxygen atoms in total. The number of nitrogens with zero attached hydrogens (tertiary/aromatic N) is 3. The third kappa shape index (κ3) is 5.65. The van der Waals surface area contributed by atoms with Crippen molar-refractivity contribution < 1.29 is 17.9 Å². The molecule has 1 aliphatic carbocycles. The van der Waals surface area contributed by atoms with Gasteiger partial charge >= 0.3 is 0 Å². The smallest absolute Gasteiger partial charge is 0.243 e. The number of carbonyl (C=O) groups excluding carboxylic acids is 1. The van der Waals surface area contributed by atoms with Crippen molar-refractivity contribution >= 4 is 27.0 Å². The number of imidazole rings is 1. The van der Waals surface area contributed by atoms with E-state index in [9.17, 15) is 13.2 Å². The summed E-state index contributed by atoms with van der Waals surface area (Å²) in [4.78, 5) is 17.4. The van der Waals surface area contributed by atoms with Crippen molar-refractivity contribution in [3.8, 4) is 0 Å². The highest BCUT2D eigenvalue weighted by Crippen LogP contribution is 2.24. The number of aromatic nitrogens is 2. The molecule has 1 aromatic carbocycles. The van der Waals surface area contributed by atoms with Crippen molar-refractivity contribution in [3.05, 3.63) is 36.2 Å². The van der Waals surface area contributed by atoms with Crippen molar-refractivity contribution in [2.75, 3.05) is 32.8 Å². The molecule has 0 bridgehead atoms. The van der Waals surface area contributed by atoms with Gasteiger partial charge in [-0.15, -0.1) is 0 Å². The Balaban J connectivity index is 1.47. The van der Waals surface area contributed by atoms with Gasteiger partial charge in [-0.2, -0.15) is 4.31 Å². The van der Waals surface area contributed by atoms with E-state index in [1.807, 2.05) is 6.07 Å². The number of rotatable bonds is 9. The Labute approximate surface area is 196 Å². The normalized spacial score (nSPS) is 19.7. The number of sulfonamides is 1. The van der Waals surface area contributed by atoms with Crippen LogP contribution in [-0.4, -0.2) is 61.0 Å². The Hall–Kier alpha value is -2.23. The van der Waals surface area contributed by atoms with Crippen LogP contribution in [0.3, 0.4) is 0 Å². The Morgan fingerprint density at radius 1 is 1.24 bits per heavy atom. The molecule has 9 heteroatoms. The van der Waals surface area contributed by atoms with Crippen LogP contribution < -0.4 is 5.32 Å². The van der Waals surface area contributed by atoms with E-state index in [2.05, 4.69) is 29.0 Å². The highest BCUT2D eigenvalue weighted by Gasteiger charge is 2.27. The minimum Gasteiger partial charge on any atom is -0.379 e. The summed E-state index contributed by atoms with van der Waals surface area (Å²) in [7, 11) is -3.58. The summed E-state index contributed by atoms with van der Waals surface area (Å²) in [5.74, 6) is 1.38. The van der Waals surface area contributed by atoms with E-state index in [-0.39, 0.29) is 10.8 Å². The maximum atomic E-state index is 13.0. The minimum atomic E-state index is -3.58. The number of amides is 1. The summed E-state index contributed by atoms with van der Waals surface area (Å²) < 4.78 is 35.0. The van der Waals surface area contributed by atoms with Gasteiger partial charge in [-0.3, -0.25) is 4.79 Å². The van der Waals surface area contributed by atoms with Gasteiger partial charge in [0, 0.05) is 39.0 Å². The number of aryl methyl sites for hydroxylation is 2. The fraction of sp³-hybridized carbons (Fsp3) is 0.583. The van der Waals surface area contributed by atoms with Gasteiger partial charge in [-0.05, 0) is 49.8 Å². The zero-order chi connectivity index (χ0) is 23.3. The lowest BCUT2D eigenvalue weighted by molar-refractivity contribution is -0.121. The van der Waals surface area contributed by atoms with Crippen LogP contribution in [0.25, 0.3) is 11.0 Å². The van der Waals surface area contributed by atoms with Crippen LogP contribution >= 0.6 is 0 Å². The maximum absolute atomic E-state index is 13.0. The number of hydrogen-bond acceptors (Lipinski definition) is 5. The van der Waals surface area contributed by atoms with Gasteiger partial charge in [0.15, 0.2) is 0 Å². The van der Waals surface area contributed by atoms with Crippen LogP contribution in [0.4, 0.5) is 0 Å². The second-order valence-corrected chi connectivity index (χ2v) is 10.7. The highest BCUT2D eigenvalue weighted by atomic mass is 32.2. The molecular weight excluding hydrogens is 440 g/mol. The van der Waals surface area contributed by atoms with Crippen molar-refractivity contribution in [2.45, 2.75) is 56.9 Å². The number of carbonyl (C=O) groups is 1. The molecule has 1 aliphatic heterocycles. The van der Waals surface area contributed by atoms with Crippen molar-refractivity contribution in [2.24, 2.45) is 5.92 Å². The van der Waals surface area contributed by atoms with Gasteiger partial charge in [0.2, 0.25) is 15.9 Å². The molecule has 4 rings (SSSR count). The molecular formula is C24H34N4O4S. The first-order valence-electron chi connectivity index (χ1n) is 12.0. The molecule has 1 unspecified atom stereocenters. The van der Waals surface area contributed by atoms with Gasteiger partial charge in [-0.25, -0.2) is 13.4 Å².